The molecule has 12 heavy (non-hydrogen) atoms. The van der Waals surface area contributed by atoms with Gasteiger partial charge < -0.3 is 10.1 Å². The molecule has 0 aliphatic rings. The van der Waals surface area contributed by atoms with Crippen LogP contribution in [-0.2, 0) is 4.74 Å². The molecule has 0 spiro atoms. The van der Waals surface area contributed by atoms with Crippen molar-refractivity contribution in [3.8, 4) is 0 Å². The van der Waals surface area contributed by atoms with Gasteiger partial charge in [-0.05, 0) is 0 Å². The Morgan fingerprint density at radius 1 is 1.58 bits per heavy atom. The van der Waals surface area contributed by atoms with Gasteiger partial charge in [-0.2, -0.15) is 0 Å². The Hall–Kier alpha value is -0.950. The third kappa shape index (κ3) is 7.16. The van der Waals surface area contributed by atoms with Gasteiger partial charge in [0.25, 0.3) is 6.43 Å². The Morgan fingerprint density at radius 2 is 2.25 bits per heavy atom. The summed E-state index contributed by atoms with van der Waals surface area (Å²) in [6.45, 7) is -0.431. The van der Waals surface area contributed by atoms with Gasteiger partial charge in [0.05, 0.1) is 6.61 Å². The van der Waals surface area contributed by atoms with Crippen LogP contribution in [0.25, 0.3) is 0 Å². The molecule has 4 N–H and O–H groups in total. The van der Waals surface area contributed by atoms with E-state index in [1.807, 2.05) is 5.43 Å². The fraction of sp³-hybridized carbons (Fsp3) is 0.800. The second-order valence-corrected chi connectivity index (χ2v) is 1.87. The minimum Gasteiger partial charge on any atom is -0.374 e. The molecule has 0 rings (SSSR count). The molecule has 0 heterocycles. The molecule has 0 saturated heterocycles. The molecule has 0 atom stereocenters. The molecule has 72 valence electrons. The largest absolute Gasteiger partial charge is 0.374 e. The lowest BCUT2D eigenvalue weighted by atomic mass is 10.6. The zero-order valence-corrected chi connectivity index (χ0v) is 6.35. The van der Waals surface area contributed by atoms with E-state index < -0.39 is 19.1 Å². The van der Waals surface area contributed by atoms with Crippen LogP contribution >= 0.6 is 0 Å². The van der Waals surface area contributed by atoms with Crippen molar-refractivity contribution in [1.29, 1.82) is 0 Å². The SMILES string of the molecule is NNC(=O)NCCOCC(F)F. The summed E-state index contributed by atoms with van der Waals surface area (Å²) in [5.41, 5.74) is 1.81. The Bertz CT molecular complexity index is 134. The lowest BCUT2D eigenvalue weighted by Crippen LogP contribution is -2.41. The molecule has 0 aliphatic carbocycles. The van der Waals surface area contributed by atoms with Crippen molar-refractivity contribution in [2.75, 3.05) is 19.8 Å². The standard InChI is InChI=1S/C5H11F2N3O2/c6-4(7)3-12-2-1-9-5(11)10-8/h4H,1-3,8H2,(H2,9,10,11). The molecule has 5 nitrogen and oxygen atoms in total. The number of nitrogens with two attached hydrogens (primary N) is 1. The van der Waals surface area contributed by atoms with Gasteiger partial charge in [-0.1, -0.05) is 0 Å². The Morgan fingerprint density at radius 3 is 2.75 bits per heavy atom. The summed E-state index contributed by atoms with van der Waals surface area (Å²) < 4.78 is 27.3. The number of rotatable bonds is 5. The monoisotopic (exact) mass is 183 g/mol. The van der Waals surface area contributed by atoms with E-state index in [0.717, 1.165) is 0 Å². The molecule has 0 fully saturated rings. The molecule has 7 heteroatoms. The van der Waals surface area contributed by atoms with E-state index in [2.05, 4.69) is 10.1 Å². The van der Waals surface area contributed by atoms with Crippen molar-refractivity contribution < 1.29 is 18.3 Å². The number of carbonyl (C=O) groups is 1. The number of urea groups is 1. The predicted molar refractivity (Wildman–Crippen MR) is 37.5 cm³/mol. The summed E-state index contributed by atoms with van der Waals surface area (Å²) in [6, 6.07) is -0.573. The molecule has 0 saturated carbocycles. The average Bonchev–Trinajstić information content (AvgIpc) is 2.03. The van der Waals surface area contributed by atoms with Crippen LogP contribution in [0.5, 0.6) is 0 Å². The molecule has 0 radical (unpaired) electrons. The quantitative estimate of drug-likeness (QED) is 0.231. The maximum Gasteiger partial charge on any atom is 0.328 e. The number of ether oxygens (including phenoxy) is 1. The lowest BCUT2D eigenvalue weighted by molar-refractivity contribution is 0.0193. The smallest absolute Gasteiger partial charge is 0.328 e. The van der Waals surface area contributed by atoms with Gasteiger partial charge in [-0.3, -0.25) is 5.43 Å². The summed E-state index contributed by atoms with van der Waals surface area (Å²) >= 11 is 0. The summed E-state index contributed by atoms with van der Waals surface area (Å²) in [5, 5.41) is 2.26. The number of amides is 2. The van der Waals surface area contributed by atoms with Gasteiger partial charge in [0.2, 0.25) is 0 Å². The number of nitrogens with one attached hydrogen (secondary N) is 2. The highest BCUT2D eigenvalue weighted by Crippen LogP contribution is 1.90. The highest BCUT2D eigenvalue weighted by atomic mass is 19.3. The Labute approximate surface area is 68.2 Å². The Balaban J connectivity index is 3.05. The fourth-order valence-corrected chi connectivity index (χ4v) is 0.460. The van der Waals surface area contributed by atoms with Crippen LogP contribution in [0.4, 0.5) is 13.6 Å². The van der Waals surface area contributed by atoms with Gasteiger partial charge in [0, 0.05) is 6.54 Å². The molecule has 0 aromatic heterocycles. The minimum atomic E-state index is -2.48. The summed E-state index contributed by atoms with van der Waals surface area (Å²) in [5.74, 6) is 4.71. The molecule has 0 aliphatic heterocycles. The van der Waals surface area contributed by atoms with Gasteiger partial charge in [0.1, 0.15) is 6.61 Å². The molecule has 0 aromatic carbocycles. The predicted octanol–water partition coefficient (Wildman–Crippen LogP) is -0.559. The summed E-state index contributed by atoms with van der Waals surface area (Å²) in [7, 11) is 0. The van der Waals surface area contributed by atoms with Crippen LogP contribution in [0.15, 0.2) is 0 Å². The number of hydrogen-bond acceptors (Lipinski definition) is 3. The van der Waals surface area contributed by atoms with Crippen LogP contribution in [0.1, 0.15) is 0 Å². The highest BCUT2D eigenvalue weighted by molar-refractivity contribution is 5.72. The van der Waals surface area contributed by atoms with E-state index >= 15 is 0 Å². The second kappa shape index (κ2) is 6.74. The van der Waals surface area contributed by atoms with Crippen LogP contribution in [0.2, 0.25) is 0 Å². The number of hydrazine groups is 1. The van der Waals surface area contributed by atoms with Crippen molar-refractivity contribution in [3.05, 3.63) is 0 Å². The van der Waals surface area contributed by atoms with Gasteiger partial charge in [-0.15, -0.1) is 0 Å². The van der Waals surface area contributed by atoms with Crippen LogP contribution < -0.4 is 16.6 Å². The van der Waals surface area contributed by atoms with Crippen molar-refractivity contribution in [3.63, 3.8) is 0 Å². The van der Waals surface area contributed by atoms with Gasteiger partial charge >= 0.3 is 6.03 Å². The number of carbonyl (C=O) groups excluding carboxylic acids is 1. The van der Waals surface area contributed by atoms with Crippen LogP contribution in [-0.4, -0.2) is 32.2 Å². The third-order valence-corrected chi connectivity index (χ3v) is 0.907. The maximum atomic E-state index is 11.4. The number of alkyl halides is 2. The van der Waals surface area contributed by atoms with Crippen LogP contribution in [0, 0.1) is 0 Å². The topological polar surface area (TPSA) is 76.4 Å². The summed E-state index contributed by atoms with van der Waals surface area (Å²) in [4.78, 5) is 10.4. The van der Waals surface area contributed by atoms with E-state index in [1.165, 1.54) is 0 Å². The first-order chi connectivity index (χ1) is 5.66. The maximum absolute atomic E-state index is 11.4. The average molecular weight is 183 g/mol. The zero-order valence-electron chi connectivity index (χ0n) is 6.35. The van der Waals surface area contributed by atoms with Gasteiger partial charge in [-0.25, -0.2) is 19.4 Å². The lowest BCUT2D eigenvalue weighted by Gasteiger charge is -2.04. The molecule has 0 bridgehead atoms. The molecular formula is C5H11F2N3O2. The summed E-state index contributed by atoms with van der Waals surface area (Å²) in [6.07, 6.45) is -2.48. The second-order valence-electron chi connectivity index (χ2n) is 1.87. The third-order valence-electron chi connectivity index (χ3n) is 0.907. The Kier molecular flexibility index (Phi) is 6.21. The first-order valence-electron chi connectivity index (χ1n) is 3.27. The number of hydrogen-bond donors (Lipinski definition) is 3. The van der Waals surface area contributed by atoms with Crippen molar-refractivity contribution in [2.24, 2.45) is 5.84 Å². The van der Waals surface area contributed by atoms with E-state index in [4.69, 9.17) is 5.84 Å². The molecular weight excluding hydrogens is 172 g/mol. The van der Waals surface area contributed by atoms with Crippen LogP contribution in [0.3, 0.4) is 0 Å². The highest BCUT2D eigenvalue weighted by Gasteiger charge is 2.01. The number of halogens is 2. The van der Waals surface area contributed by atoms with E-state index in [-0.39, 0.29) is 13.2 Å². The van der Waals surface area contributed by atoms with E-state index in [1.54, 1.807) is 0 Å². The van der Waals surface area contributed by atoms with Crippen molar-refractivity contribution >= 4 is 6.03 Å². The molecule has 0 unspecified atom stereocenters. The normalized spacial score (nSPS) is 10.0. The minimum absolute atomic E-state index is 0.0394. The van der Waals surface area contributed by atoms with Crippen molar-refractivity contribution in [1.82, 2.24) is 10.7 Å². The van der Waals surface area contributed by atoms with E-state index in [9.17, 15) is 13.6 Å². The molecule has 0 aromatic rings. The van der Waals surface area contributed by atoms with Crippen molar-refractivity contribution in [2.45, 2.75) is 6.43 Å². The zero-order chi connectivity index (χ0) is 9.40. The first-order valence-corrected chi connectivity index (χ1v) is 3.27. The fourth-order valence-electron chi connectivity index (χ4n) is 0.460. The van der Waals surface area contributed by atoms with E-state index in [0.29, 0.717) is 0 Å². The first kappa shape index (κ1) is 11.1. The van der Waals surface area contributed by atoms with Gasteiger partial charge in [0.15, 0.2) is 0 Å². The molecule has 2 amide bonds.